The first-order valence-electron chi connectivity index (χ1n) is 7.66. The summed E-state index contributed by atoms with van der Waals surface area (Å²) in [5.41, 5.74) is -1.59. The maximum atomic E-state index is 14.1. The molecule has 0 spiro atoms. The number of nitrogens with zero attached hydrogens (tertiary/aromatic N) is 1. The van der Waals surface area contributed by atoms with Crippen LogP contribution in [-0.4, -0.2) is 28.5 Å². The number of benzene rings is 2. The minimum absolute atomic E-state index is 0.0243. The number of hydrogen-bond donors (Lipinski definition) is 2. The van der Waals surface area contributed by atoms with Crippen LogP contribution in [0.1, 0.15) is 24.2 Å². The van der Waals surface area contributed by atoms with E-state index in [1.54, 1.807) is 6.07 Å². The van der Waals surface area contributed by atoms with Gasteiger partial charge in [-0.15, -0.1) is 0 Å². The number of urea groups is 1. The van der Waals surface area contributed by atoms with E-state index >= 15 is 0 Å². The Hall–Kier alpha value is -2.80. The lowest BCUT2D eigenvalue weighted by Crippen LogP contribution is -2.42. The van der Waals surface area contributed by atoms with Crippen molar-refractivity contribution in [2.45, 2.75) is 18.6 Å². The average Bonchev–Trinajstić information content (AvgIpc) is 2.79. The molecule has 3 rings (SSSR count). The quantitative estimate of drug-likeness (QED) is 0.836. The third-order valence-electron chi connectivity index (χ3n) is 4.31. The number of amides is 3. The van der Waals surface area contributed by atoms with Crippen LogP contribution in [0.4, 0.5) is 13.6 Å². The minimum atomic E-state index is -1.59. The van der Waals surface area contributed by atoms with Crippen LogP contribution in [0.5, 0.6) is 0 Å². The first-order valence-corrected chi connectivity index (χ1v) is 7.66. The Balaban J connectivity index is 1.87. The molecule has 1 aliphatic heterocycles. The van der Waals surface area contributed by atoms with E-state index in [1.807, 2.05) is 0 Å². The molecule has 2 atom stereocenters. The van der Waals surface area contributed by atoms with Gasteiger partial charge in [-0.25, -0.2) is 13.6 Å². The molecule has 0 unspecified atom stereocenters. The number of hydrogen-bond acceptors (Lipinski definition) is 3. The van der Waals surface area contributed by atoms with E-state index < -0.39 is 41.8 Å². The summed E-state index contributed by atoms with van der Waals surface area (Å²) in [7, 11) is 0. The first kappa shape index (κ1) is 17.0. The molecular formula is C18H16F2N2O3. The van der Waals surface area contributed by atoms with Crippen LogP contribution in [0.25, 0.3) is 0 Å². The number of halogens is 2. The van der Waals surface area contributed by atoms with Crippen LogP contribution >= 0.6 is 0 Å². The molecule has 5 nitrogen and oxygen atoms in total. The first-order chi connectivity index (χ1) is 11.8. The van der Waals surface area contributed by atoms with Crippen molar-refractivity contribution in [3.05, 3.63) is 71.3 Å². The Morgan fingerprint density at radius 2 is 1.68 bits per heavy atom. The summed E-state index contributed by atoms with van der Waals surface area (Å²) < 4.78 is 27.8. The molecule has 130 valence electrons. The largest absolute Gasteiger partial charge is 0.386 e. The summed E-state index contributed by atoms with van der Waals surface area (Å²) in [5, 5.41) is 12.7. The van der Waals surface area contributed by atoms with Crippen LogP contribution in [0.15, 0.2) is 48.5 Å². The number of β-amino-alcohol motifs (C(OH)–C–C–N with tert-alkyl or cyclic N) is 1. The number of aliphatic hydroxyl groups excluding tert-OH is 1. The van der Waals surface area contributed by atoms with Gasteiger partial charge in [0.1, 0.15) is 17.2 Å². The predicted octanol–water partition coefficient (Wildman–Crippen LogP) is 2.47. The normalized spacial score (nSPS) is 21.4. The molecule has 1 heterocycles. The van der Waals surface area contributed by atoms with Gasteiger partial charge >= 0.3 is 6.03 Å². The number of carbonyl (C=O) groups excluding carboxylic acids is 2. The number of rotatable bonds is 4. The fourth-order valence-electron chi connectivity index (χ4n) is 2.93. The Morgan fingerprint density at radius 1 is 1.08 bits per heavy atom. The zero-order valence-corrected chi connectivity index (χ0v) is 13.4. The Morgan fingerprint density at radius 3 is 2.32 bits per heavy atom. The van der Waals surface area contributed by atoms with E-state index in [0.29, 0.717) is 0 Å². The molecule has 2 aromatic rings. The van der Waals surface area contributed by atoms with Gasteiger partial charge < -0.3 is 10.4 Å². The van der Waals surface area contributed by atoms with Crippen LogP contribution in [0, 0.1) is 11.6 Å². The predicted molar refractivity (Wildman–Crippen MR) is 85.4 cm³/mol. The van der Waals surface area contributed by atoms with Crippen molar-refractivity contribution in [3.8, 4) is 0 Å². The summed E-state index contributed by atoms with van der Waals surface area (Å²) >= 11 is 0. The fraction of sp³-hybridized carbons (Fsp3) is 0.222. The average molecular weight is 346 g/mol. The van der Waals surface area contributed by atoms with Crippen molar-refractivity contribution in [2.24, 2.45) is 0 Å². The van der Waals surface area contributed by atoms with Gasteiger partial charge in [-0.2, -0.15) is 0 Å². The summed E-state index contributed by atoms with van der Waals surface area (Å²) in [6.07, 6.45) is -1.39. The van der Waals surface area contributed by atoms with E-state index in [-0.39, 0.29) is 11.1 Å². The second-order valence-corrected chi connectivity index (χ2v) is 5.99. The third kappa shape index (κ3) is 2.87. The van der Waals surface area contributed by atoms with E-state index in [0.717, 1.165) is 4.90 Å². The van der Waals surface area contributed by atoms with Gasteiger partial charge in [0, 0.05) is 11.1 Å². The minimum Gasteiger partial charge on any atom is -0.386 e. The van der Waals surface area contributed by atoms with Gasteiger partial charge in [-0.05, 0) is 19.1 Å². The lowest BCUT2D eigenvalue weighted by molar-refractivity contribution is -0.132. The molecule has 0 bridgehead atoms. The van der Waals surface area contributed by atoms with Crippen LogP contribution in [-0.2, 0) is 10.3 Å². The van der Waals surface area contributed by atoms with Crippen molar-refractivity contribution in [3.63, 3.8) is 0 Å². The summed E-state index contributed by atoms with van der Waals surface area (Å²) in [5.74, 6) is -1.98. The fourth-order valence-corrected chi connectivity index (χ4v) is 2.93. The molecule has 0 saturated carbocycles. The second-order valence-electron chi connectivity index (χ2n) is 5.99. The molecule has 2 N–H and O–H groups in total. The lowest BCUT2D eigenvalue weighted by Gasteiger charge is -2.23. The Labute approximate surface area is 142 Å². The van der Waals surface area contributed by atoms with Gasteiger partial charge in [-0.3, -0.25) is 9.69 Å². The highest BCUT2D eigenvalue weighted by molar-refractivity contribution is 6.07. The molecule has 0 aliphatic carbocycles. The number of imide groups is 1. The molecule has 25 heavy (non-hydrogen) atoms. The van der Waals surface area contributed by atoms with Gasteiger partial charge in [0.05, 0.1) is 12.6 Å². The summed E-state index contributed by atoms with van der Waals surface area (Å²) in [6, 6.07) is 10.4. The van der Waals surface area contributed by atoms with Crippen molar-refractivity contribution >= 4 is 11.9 Å². The van der Waals surface area contributed by atoms with Crippen LogP contribution in [0.2, 0.25) is 0 Å². The van der Waals surface area contributed by atoms with E-state index in [1.165, 1.54) is 49.4 Å². The van der Waals surface area contributed by atoms with Gasteiger partial charge in [-0.1, -0.05) is 36.4 Å². The summed E-state index contributed by atoms with van der Waals surface area (Å²) in [4.78, 5) is 25.7. The number of aliphatic hydroxyl groups is 1. The molecule has 1 saturated heterocycles. The zero-order chi connectivity index (χ0) is 18.2. The lowest BCUT2D eigenvalue weighted by atomic mass is 9.91. The van der Waals surface area contributed by atoms with Crippen molar-refractivity contribution in [1.82, 2.24) is 10.2 Å². The smallest absolute Gasteiger partial charge is 0.325 e. The Kier molecular flexibility index (Phi) is 4.26. The highest BCUT2D eigenvalue weighted by atomic mass is 19.1. The molecule has 1 fully saturated rings. The molecule has 1 aliphatic rings. The van der Waals surface area contributed by atoms with Gasteiger partial charge in [0.25, 0.3) is 5.91 Å². The second kappa shape index (κ2) is 6.25. The molecule has 3 amide bonds. The molecular weight excluding hydrogens is 330 g/mol. The highest BCUT2D eigenvalue weighted by Gasteiger charge is 2.50. The zero-order valence-electron chi connectivity index (χ0n) is 13.4. The van der Waals surface area contributed by atoms with Crippen LogP contribution < -0.4 is 5.32 Å². The monoisotopic (exact) mass is 346 g/mol. The topological polar surface area (TPSA) is 69.6 Å². The molecule has 0 aromatic heterocycles. The van der Waals surface area contributed by atoms with Gasteiger partial charge in [0.2, 0.25) is 0 Å². The number of carbonyl (C=O) groups is 2. The molecule has 7 heteroatoms. The van der Waals surface area contributed by atoms with Crippen LogP contribution in [0.3, 0.4) is 0 Å². The standard InChI is InChI=1S/C18H16F2N2O3/c1-18(12-7-3-5-9-14(12)20)16(24)22(17(25)21-18)10-15(23)11-6-2-4-8-13(11)19/h2-9,15,23H,10H2,1H3,(H,21,25)/t15-,18+/m0/s1. The van der Waals surface area contributed by atoms with Crippen molar-refractivity contribution in [2.75, 3.05) is 6.54 Å². The van der Waals surface area contributed by atoms with Crippen molar-refractivity contribution in [1.29, 1.82) is 0 Å². The van der Waals surface area contributed by atoms with E-state index in [4.69, 9.17) is 0 Å². The maximum absolute atomic E-state index is 14.1. The maximum Gasteiger partial charge on any atom is 0.325 e. The Bertz CT molecular complexity index is 843. The van der Waals surface area contributed by atoms with E-state index in [9.17, 15) is 23.5 Å². The van der Waals surface area contributed by atoms with Crippen molar-refractivity contribution < 1.29 is 23.5 Å². The number of nitrogens with one attached hydrogen (secondary N) is 1. The SMILES string of the molecule is C[C@]1(c2ccccc2F)NC(=O)N(C[C@H](O)c2ccccc2F)C1=O. The molecule has 0 radical (unpaired) electrons. The third-order valence-corrected chi connectivity index (χ3v) is 4.31. The highest BCUT2D eigenvalue weighted by Crippen LogP contribution is 2.31. The van der Waals surface area contributed by atoms with Gasteiger partial charge in [0.15, 0.2) is 0 Å². The van der Waals surface area contributed by atoms with E-state index in [2.05, 4.69) is 5.32 Å². The summed E-state index contributed by atoms with van der Waals surface area (Å²) in [6.45, 7) is 0.955. The molecule has 2 aromatic carbocycles.